The van der Waals surface area contributed by atoms with Crippen molar-refractivity contribution >= 4 is 10.9 Å². The minimum atomic E-state index is 0.952. The highest BCUT2D eigenvalue weighted by Gasteiger charge is 2.09. The van der Waals surface area contributed by atoms with Gasteiger partial charge in [-0.05, 0) is 40.8 Å². The van der Waals surface area contributed by atoms with Crippen molar-refractivity contribution in [2.75, 3.05) is 0 Å². The first-order valence-electron chi connectivity index (χ1n) is 9.95. The quantitative estimate of drug-likeness (QED) is 0.326. The van der Waals surface area contributed by atoms with Gasteiger partial charge in [0.05, 0.1) is 11.2 Å². The van der Waals surface area contributed by atoms with Gasteiger partial charge < -0.3 is 0 Å². The fraction of sp³-hybridized carbons (Fsp3) is 0.0357. The number of para-hydroxylation sites is 1. The molecule has 0 saturated carbocycles. The Morgan fingerprint density at radius 1 is 0.517 bits per heavy atom. The highest BCUT2D eigenvalue weighted by molar-refractivity contribution is 5.96. The molecule has 0 amide bonds. The average molecular weight is 371 g/mol. The summed E-state index contributed by atoms with van der Waals surface area (Å²) in [5.74, 6) is 0. The van der Waals surface area contributed by atoms with E-state index in [2.05, 4.69) is 109 Å². The summed E-state index contributed by atoms with van der Waals surface area (Å²) in [5, 5.41) is 1.18. The van der Waals surface area contributed by atoms with Crippen molar-refractivity contribution in [2.45, 2.75) is 6.42 Å². The molecule has 0 saturated heterocycles. The van der Waals surface area contributed by atoms with Crippen molar-refractivity contribution in [3.8, 4) is 22.4 Å². The van der Waals surface area contributed by atoms with Crippen LogP contribution >= 0.6 is 0 Å². The van der Waals surface area contributed by atoms with Crippen LogP contribution in [0.4, 0.5) is 0 Å². The molecule has 1 heteroatoms. The number of rotatable bonds is 4. The second-order valence-electron chi connectivity index (χ2n) is 7.30. The third-order valence-electron chi connectivity index (χ3n) is 5.30. The zero-order valence-corrected chi connectivity index (χ0v) is 16.1. The van der Waals surface area contributed by atoms with Gasteiger partial charge in [0, 0.05) is 10.9 Å². The van der Waals surface area contributed by atoms with Crippen LogP contribution in [0.25, 0.3) is 33.3 Å². The van der Waals surface area contributed by atoms with E-state index in [9.17, 15) is 0 Å². The molecule has 5 rings (SSSR count). The molecule has 138 valence electrons. The molecule has 0 radical (unpaired) electrons. The maximum Gasteiger partial charge on any atom is 0.0715 e. The zero-order valence-electron chi connectivity index (χ0n) is 16.1. The Kier molecular flexibility index (Phi) is 4.63. The fourth-order valence-electron chi connectivity index (χ4n) is 3.80. The Hall–Kier alpha value is -3.71. The van der Waals surface area contributed by atoms with Crippen LogP contribution in [-0.2, 0) is 6.42 Å². The number of nitrogens with zero attached hydrogens (tertiary/aromatic N) is 1. The highest BCUT2D eigenvalue weighted by Crippen LogP contribution is 2.32. The van der Waals surface area contributed by atoms with Gasteiger partial charge in [-0.3, -0.25) is 0 Å². The minimum absolute atomic E-state index is 0.952. The van der Waals surface area contributed by atoms with Gasteiger partial charge in [0.2, 0.25) is 0 Å². The Morgan fingerprint density at radius 2 is 1.14 bits per heavy atom. The molecule has 0 bridgehead atoms. The smallest absolute Gasteiger partial charge is 0.0715 e. The molecule has 1 aromatic heterocycles. The average Bonchev–Trinajstić information content (AvgIpc) is 2.80. The summed E-state index contributed by atoms with van der Waals surface area (Å²) in [6, 6.07) is 40.5. The second kappa shape index (κ2) is 7.73. The molecular formula is C28H21N. The van der Waals surface area contributed by atoms with Gasteiger partial charge in [-0.2, -0.15) is 0 Å². The van der Waals surface area contributed by atoms with Crippen LogP contribution in [0.3, 0.4) is 0 Å². The lowest BCUT2D eigenvalue weighted by atomic mass is 9.96. The summed E-state index contributed by atoms with van der Waals surface area (Å²) in [7, 11) is 0. The maximum absolute atomic E-state index is 4.91. The summed E-state index contributed by atoms with van der Waals surface area (Å²) >= 11 is 0. The van der Waals surface area contributed by atoms with Crippen LogP contribution in [0.1, 0.15) is 11.1 Å². The van der Waals surface area contributed by atoms with Crippen molar-refractivity contribution in [1.82, 2.24) is 4.98 Å². The Labute approximate surface area is 171 Å². The molecular weight excluding hydrogens is 350 g/mol. The monoisotopic (exact) mass is 371 g/mol. The van der Waals surface area contributed by atoms with Crippen molar-refractivity contribution in [3.05, 3.63) is 126 Å². The van der Waals surface area contributed by atoms with Crippen molar-refractivity contribution < 1.29 is 0 Å². The predicted octanol–water partition coefficient (Wildman–Crippen LogP) is 7.16. The summed E-state index contributed by atoms with van der Waals surface area (Å²) in [4.78, 5) is 4.91. The molecule has 0 aliphatic rings. The topological polar surface area (TPSA) is 12.9 Å². The van der Waals surface area contributed by atoms with Gasteiger partial charge in [-0.1, -0.05) is 103 Å². The van der Waals surface area contributed by atoms with E-state index < -0.39 is 0 Å². The molecule has 1 nitrogen and oxygen atoms in total. The van der Waals surface area contributed by atoms with E-state index in [0.29, 0.717) is 0 Å². The molecule has 4 aromatic carbocycles. The van der Waals surface area contributed by atoms with Crippen molar-refractivity contribution in [2.24, 2.45) is 0 Å². The number of hydrogen-bond donors (Lipinski definition) is 0. The number of hydrogen-bond acceptors (Lipinski definition) is 1. The van der Waals surface area contributed by atoms with E-state index in [1.807, 2.05) is 6.07 Å². The third kappa shape index (κ3) is 3.68. The molecule has 0 fully saturated rings. The maximum atomic E-state index is 4.91. The van der Waals surface area contributed by atoms with E-state index in [4.69, 9.17) is 4.98 Å². The van der Waals surface area contributed by atoms with Gasteiger partial charge in [0.25, 0.3) is 0 Å². The SMILES string of the molecule is c1ccc(Cc2ccc(-c3cc(-c4ccccc4)nc4ccccc34)cc2)cc1. The molecule has 29 heavy (non-hydrogen) atoms. The van der Waals surface area contributed by atoms with Crippen molar-refractivity contribution in [1.29, 1.82) is 0 Å². The number of pyridine rings is 1. The number of aromatic nitrogens is 1. The lowest BCUT2D eigenvalue weighted by Gasteiger charge is -2.11. The van der Waals surface area contributed by atoms with E-state index in [1.165, 1.54) is 27.6 Å². The Morgan fingerprint density at radius 3 is 1.90 bits per heavy atom. The second-order valence-corrected chi connectivity index (χ2v) is 7.30. The summed E-state index contributed by atoms with van der Waals surface area (Å²) in [6.07, 6.45) is 0.952. The predicted molar refractivity (Wildman–Crippen MR) is 122 cm³/mol. The van der Waals surface area contributed by atoms with Gasteiger partial charge in [0.1, 0.15) is 0 Å². The van der Waals surface area contributed by atoms with Crippen molar-refractivity contribution in [3.63, 3.8) is 0 Å². The van der Waals surface area contributed by atoms with E-state index in [-0.39, 0.29) is 0 Å². The Bertz CT molecular complexity index is 1240. The van der Waals surface area contributed by atoms with Crippen LogP contribution in [0.15, 0.2) is 115 Å². The van der Waals surface area contributed by atoms with Gasteiger partial charge in [0.15, 0.2) is 0 Å². The van der Waals surface area contributed by atoms with Crippen LogP contribution in [0.5, 0.6) is 0 Å². The molecule has 5 aromatic rings. The molecule has 0 aliphatic heterocycles. The minimum Gasteiger partial charge on any atom is -0.248 e. The largest absolute Gasteiger partial charge is 0.248 e. The summed E-state index contributed by atoms with van der Waals surface area (Å²) < 4.78 is 0. The van der Waals surface area contributed by atoms with E-state index >= 15 is 0 Å². The first-order valence-corrected chi connectivity index (χ1v) is 9.95. The van der Waals surface area contributed by atoms with E-state index in [1.54, 1.807) is 0 Å². The third-order valence-corrected chi connectivity index (χ3v) is 5.30. The lowest BCUT2D eigenvalue weighted by Crippen LogP contribution is -1.91. The lowest BCUT2D eigenvalue weighted by molar-refractivity contribution is 1.19. The van der Waals surface area contributed by atoms with Gasteiger partial charge >= 0.3 is 0 Å². The first-order chi connectivity index (χ1) is 14.4. The van der Waals surface area contributed by atoms with Gasteiger partial charge in [-0.25, -0.2) is 4.98 Å². The molecule has 0 N–H and O–H groups in total. The number of fused-ring (bicyclic) bond motifs is 1. The Balaban J connectivity index is 1.57. The van der Waals surface area contributed by atoms with Gasteiger partial charge in [-0.15, -0.1) is 0 Å². The van der Waals surface area contributed by atoms with E-state index in [0.717, 1.165) is 23.2 Å². The van der Waals surface area contributed by atoms with Crippen LogP contribution in [0, 0.1) is 0 Å². The van der Waals surface area contributed by atoms with Crippen LogP contribution in [-0.4, -0.2) is 4.98 Å². The zero-order chi connectivity index (χ0) is 19.5. The molecule has 0 atom stereocenters. The first kappa shape index (κ1) is 17.4. The number of benzene rings is 4. The molecule has 0 unspecified atom stereocenters. The fourth-order valence-corrected chi connectivity index (χ4v) is 3.80. The highest BCUT2D eigenvalue weighted by atomic mass is 14.7. The normalized spacial score (nSPS) is 10.9. The molecule has 1 heterocycles. The molecule has 0 spiro atoms. The molecule has 0 aliphatic carbocycles. The summed E-state index contributed by atoms with van der Waals surface area (Å²) in [5.41, 5.74) is 8.27. The summed E-state index contributed by atoms with van der Waals surface area (Å²) in [6.45, 7) is 0. The standard InChI is InChI=1S/C28H21N/c1-3-9-21(10-4-1)19-22-15-17-23(18-16-22)26-20-28(24-11-5-2-6-12-24)29-27-14-8-7-13-25(26)27/h1-18,20H,19H2. The van der Waals surface area contributed by atoms with Crippen LogP contribution < -0.4 is 0 Å². The van der Waals surface area contributed by atoms with Crippen LogP contribution in [0.2, 0.25) is 0 Å².